The smallest absolute Gasteiger partial charge is 0.407 e. The van der Waals surface area contributed by atoms with Gasteiger partial charge in [-0.15, -0.1) is 0 Å². The zero-order valence-electron chi connectivity index (χ0n) is 14.2. The lowest BCUT2D eigenvalue weighted by Gasteiger charge is -2.25. The van der Waals surface area contributed by atoms with Gasteiger partial charge in [0.2, 0.25) is 0 Å². The van der Waals surface area contributed by atoms with E-state index in [1.165, 1.54) is 12.8 Å². The molecule has 1 rings (SSSR count). The van der Waals surface area contributed by atoms with Crippen LogP contribution in [0.4, 0.5) is 4.79 Å². The van der Waals surface area contributed by atoms with E-state index >= 15 is 0 Å². The van der Waals surface area contributed by atoms with Gasteiger partial charge in [0.1, 0.15) is 5.60 Å². The monoisotopic (exact) mass is 284 g/mol. The number of nitrogens with one attached hydrogen (secondary N) is 2. The minimum Gasteiger partial charge on any atom is -0.444 e. The first-order valence-corrected chi connectivity index (χ1v) is 7.71. The highest BCUT2D eigenvalue weighted by Gasteiger charge is 2.36. The molecule has 0 aromatic rings. The number of ether oxygens (including phenoxy) is 1. The van der Waals surface area contributed by atoms with E-state index in [4.69, 9.17) is 4.74 Å². The molecule has 0 aromatic carbocycles. The Bertz CT molecular complexity index is 334. The largest absolute Gasteiger partial charge is 0.444 e. The predicted octanol–water partition coefficient (Wildman–Crippen LogP) is 3.31. The van der Waals surface area contributed by atoms with Gasteiger partial charge in [0.05, 0.1) is 0 Å². The van der Waals surface area contributed by atoms with Crippen LogP contribution in [0.2, 0.25) is 0 Å². The van der Waals surface area contributed by atoms with Crippen molar-refractivity contribution in [2.24, 2.45) is 11.3 Å². The molecule has 0 heterocycles. The molecule has 0 aromatic heterocycles. The van der Waals surface area contributed by atoms with E-state index in [-0.39, 0.29) is 12.1 Å². The molecule has 0 bridgehead atoms. The molecule has 0 aliphatic heterocycles. The Balaban J connectivity index is 2.31. The number of rotatable bonds is 4. The molecule has 0 spiro atoms. The zero-order valence-corrected chi connectivity index (χ0v) is 14.2. The van der Waals surface area contributed by atoms with Crippen LogP contribution < -0.4 is 10.6 Å². The Hall–Kier alpha value is -0.770. The Kier molecular flexibility index (Phi) is 5.47. The molecule has 118 valence electrons. The second kappa shape index (κ2) is 6.33. The average Bonchev–Trinajstić information content (AvgIpc) is 2.46. The molecule has 1 aliphatic carbocycles. The first-order valence-electron chi connectivity index (χ1n) is 7.71. The number of alkyl carbamates (subject to hydrolysis) is 1. The van der Waals surface area contributed by atoms with E-state index < -0.39 is 5.60 Å². The third kappa shape index (κ3) is 6.12. The first kappa shape index (κ1) is 17.3. The molecule has 20 heavy (non-hydrogen) atoms. The molecule has 1 aliphatic rings. The summed E-state index contributed by atoms with van der Waals surface area (Å²) < 4.78 is 5.23. The summed E-state index contributed by atoms with van der Waals surface area (Å²) in [6.07, 6.45) is 2.12. The minimum absolute atomic E-state index is 0.254. The maximum Gasteiger partial charge on any atom is 0.407 e. The molecular weight excluding hydrogens is 252 g/mol. The van der Waals surface area contributed by atoms with Crippen LogP contribution in [0.5, 0.6) is 0 Å². The van der Waals surface area contributed by atoms with Gasteiger partial charge in [-0.05, 0) is 51.9 Å². The highest BCUT2D eigenvalue weighted by atomic mass is 16.6. The summed E-state index contributed by atoms with van der Waals surface area (Å²) in [6.45, 7) is 15.3. The van der Waals surface area contributed by atoms with Crippen molar-refractivity contribution in [3.05, 3.63) is 0 Å². The fourth-order valence-electron chi connectivity index (χ4n) is 3.09. The van der Waals surface area contributed by atoms with Crippen molar-refractivity contribution in [1.29, 1.82) is 0 Å². The van der Waals surface area contributed by atoms with Gasteiger partial charge in [-0.3, -0.25) is 0 Å². The van der Waals surface area contributed by atoms with E-state index in [1.807, 2.05) is 20.8 Å². The molecule has 0 saturated heterocycles. The number of carbonyl (C=O) groups is 1. The SMILES string of the molecule is CC(CNC(=O)OC(C)(C)C)NC1CC(C)(C)CC1C. The second-order valence-electron chi connectivity index (χ2n) is 8.11. The molecule has 1 fully saturated rings. The van der Waals surface area contributed by atoms with Crippen LogP contribution in [0.3, 0.4) is 0 Å². The Morgan fingerprint density at radius 1 is 1.35 bits per heavy atom. The van der Waals surface area contributed by atoms with Gasteiger partial charge >= 0.3 is 6.09 Å². The lowest BCUT2D eigenvalue weighted by Crippen LogP contribution is -2.45. The molecule has 4 nitrogen and oxygen atoms in total. The Morgan fingerprint density at radius 3 is 2.40 bits per heavy atom. The maximum absolute atomic E-state index is 11.6. The van der Waals surface area contributed by atoms with E-state index in [1.54, 1.807) is 0 Å². The van der Waals surface area contributed by atoms with Crippen LogP contribution in [0.25, 0.3) is 0 Å². The Labute approximate surface area is 124 Å². The van der Waals surface area contributed by atoms with Crippen molar-refractivity contribution in [1.82, 2.24) is 10.6 Å². The van der Waals surface area contributed by atoms with Gasteiger partial charge in [-0.1, -0.05) is 20.8 Å². The summed E-state index contributed by atoms with van der Waals surface area (Å²) in [5, 5.41) is 6.46. The predicted molar refractivity (Wildman–Crippen MR) is 82.8 cm³/mol. The van der Waals surface area contributed by atoms with E-state index in [9.17, 15) is 4.79 Å². The van der Waals surface area contributed by atoms with Crippen molar-refractivity contribution in [3.8, 4) is 0 Å². The standard InChI is InChI=1S/C16H32N2O2/c1-11-8-16(6,7)9-13(11)18-12(2)10-17-14(19)20-15(3,4)5/h11-13,18H,8-10H2,1-7H3,(H,17,19). The molecule has 3 unspecified atom stereocenters. The summed E-state index contributed by atoms with van der Waals surface area (Å²) in [7, 11) is 0. The third-order valence-electron chi connectivity index (χ3n) is 3.78. The summed E-state index contributed by atoms with van der Waals surface area (Å²) in [5.74, 6) is 0.689. The van der Waals surface area contributed by atoms with Crippen LogP contribution >= 0.6 is 0 Å². The lowest BCUT2D eigenvalue weighted by molar-refractivity contribution is 0.0522. The van der Waals surface area contributed by atoms with Gasteiger partial charge in [0.25, 0.3) is 0 Å². The molecule has 1 saturated carbocycles. The topological polar surface area (TPSA) is 50.4 Å². The van der Waals surface area contributed by atoms with Crippen molar-refractivity contribution in [2.75, 3.05) is 6.54 Å². The van der Waals surface area contributed by atoms with Gasteiger partial charge in [-0.2, -0.15) is 0 Å². The normalized spacial score (nSPS) is 27.1. The highest BCUT2D eigenvalue weighted by molar-refractivity contribution is 5.67. The first-order chi connectivity index (χ1) is 8.98. The van der Waals surface area contributed by atoms with Crippen LogP contribution in [0.1, 0.15) is 61.3 Å². The van der Waals surface area contributed by atoms with Crippen molar-refractivity contribution >= 4 is 6.09 Å². The van der Waals surface area contributed by atoms with Gasteiger partial charge in [0.15, 0.2) is 0 Å². The quantitative estimate of drug-likeness (QED) is 0.832. The molecule has 0 radical (unpaired) electrons. The summed E-state index contributed by atoms with van der Waals surface area (Å²) >= 11 is 0. The molecule has 2 N–H and O–H groups in total. The van der Waals surface area contributed by atoms with Gasteiger partial charge < -0.3 is 15.4 Å². The van der Waals surface area contributed by atoms with Crippen molar-refractivity contribution in [2.45, 2.75) is 79.0 Å². The van der Waals surface area contributed by atoms with Crippen LogP contribution in [-0.4, -0.2) is 30.3 Å². The number of amides is 1. The highest BCUT2D eigenvalue weighted by Crippen LogP contribution is 2.40. The van der Waals surface area contributed by atoms with Crippen LogP contribution in [-0.2, 0) is 4.74 Å². The Morgan fingerprint density at radius 2 is 1.95 bits per heavy atom. The fraction of sp³-hybridized carbons (Fsp3) is 0.938. The zero-order chi connectivity index (χ0) is 15.6. The molecule has 4 heteroatoms. The second-order valence-corrected chi connectivity index (χ2v) is 8.11. The molecule has 3 atom stereocenters. The lowest BCUT2D eigenvalue weighted by atomic mass is 9.91. The summed E-state index contributed by atoms with van der Waals surface area (Å²) in [4.78, 5) is 11.6. The van der Waals surface area contributed by atoms with Crippen LogP contribution in [0, 0.1) is 11.3 Å². The number of carbonyl (C=O) groups excluding carboxylic acids is 1. The van der Waals surface area contributed by atoms with Crippen molar-refractivity contribution in [3.63, 3.8) is 0 Å². The van der Waals surface area contributed by atoms with E-state index in [0.717, 1.165) is 0 Å². The number of hydrogen-bond acceptors (Lipinski definition) is 3. The van der Waals surface area contributed by atoms with E-state index in [2.05, 4.69) is 38.3 Å². The summed E-state index contributed by atoms with van der Waals surface area (Å²) in [5.41, 5.74) is -0.0138. The summed E-state index contributed by atoms with van der Waals surface area (Å²) in [6, 6.07) is 0.796. The van der Waals surface area contributed by atoms with Crippen LogP contribution in [0.15, 0.2) is 0 Å². The number of hydrogen-bond donors (Lipinski definition) is 2. The third-order valence-corrected chi connectivity index (χ3v) is 3.78. The average molecular weight is 284 g/mol. The minimum atomic E-state index is -0.440. The molecule has 1 amide bonds. The fourth-order valence-corrected chi connectivity index (χ4v) is 3.09. The van der Waals surface area contributed by atoms with E-state index in [0.29, 0.717) is 23.9 Å². The van der Waals surface area contributed by atoms with Crippen molar-refractivity contribution < 1.29 is 9.53 Å². The molecular formula is C16H32N2O2. The van der Waals surface area contributed by atoms with Gasteiger partial charge in [-0.25, -0.2) is 4.79 Å². The maximum atomic E-state index is 11.6. The van der Waals surface area contributed by atoms with Gasteiger partial charge in [0, 0.05) is 18.6 Å².